The Bertz CT molecular complexity index is 1010. The molecule has 4 nitrogen and oxygen atoms in total. The maximum absolute atomic E-state index is 13.9. The van der Waals surface area contributed by atoms with E-state index in [0.717, 1.165) is 48.0 Å². The van der Waals surface area contributed by atoms with Crippen LogP contribution in [-0.4, -0.2) is 21.7 Å². The van der Waals surface area contributed by atoms with E-state index in [1.54, 1.807) is 0 Å². The van der Waals surface area contributed by atoms with E-state index in [4.69, 9.17) is 5.10 Å². The first-order chi connectivity index (χ1) is 15.3. The van der Waals surface area contributed by atoms with Crippen molar-refractivity contribution in [2.75, 3.05) is 0 Å². The van der Waals surface area contributed by atoms with Crippen molar-refractivity contribution >= 4 is 16.8 Å². The lowest BCUT2D eigenvalue weighted by atomic mass is 9.77. The number of nitrogens with zero attached hydrogens (tertiary/aromatic N) is 2. The van der Waals surface area contributed by atoms with Gasteiger partial charge in [0, 0.05) is 11.4 Å². The topological polar surface area (TPSA) is 46.9 Å². The van der Waals surface area contributed by atoms with Crippen molar-refractivity contribution in [1.29, 1.82) is 0 Å². The molecule has 2 aliphatic carbocycles. The Kier molecular flexibility index (Phi) is 6.06. The Morgan fingerprint density at radius 2 is 1.48 bits per heavy atom. The average Bonchev–Trinajstić information content (AvgIpc) is 3.21. The first-order valence-electron chi connectivity index (χ1n) is 12.1. The van der Waals surface area contributed by atoms with E-state index in [0.29, 0.717) is 12.0 Å². The summed E-state index contributed by atoms with van der Waals surface area (Å²) in [4.78, 5) is 13.9. The lowest BCUT2D eigenvalue weighted by Crippen LogP contribution is -2.42. The van der Waals surface area contributed by atoms with Crippen molar-refractivity contribution < 1.29 is 4.79 Å². The highest BCUT2D eigenvalue weighted by Gasteiger charge is 2.36. The van der Waals surface area contributed by atoms with Crippen molar-refractivity contribution in [3.8, 4) is 5.69 Å². The number of hydrogen-bond donors (Lipinski definition) is 1. The van der Waals surface area contributed by atoms with Crippen molar-refractivity contribution in [2.45, 2.75) is 76.2 Å². The summed E-state index contributed by atoms with van der Waals surface area (Å²) in [6.07, 6.45) is 11.9. The molecular formula is C27H33N3O. The number of para-hydroxylation sites is 1. The summed E-state index contributed by atoms with van der Waals surface area (Å²) in [5.74, 6) is 0.427. The number of hydrogen-bond acceptors (Lipinski definition) is 2. The van der Waals surface area contributed by atoms with Crippen LogP contribution < -0.4 is 5.32 Å². The Balaban J connectivity index is 1.60. The largest absolute Gasteiger partial charge is 0.353 e. The minimum Gasteiger partial charge on any atom is -0.353 e. The van der Waals surface area contributed by atoms with E-state index in [2.05, 4.69) is 35.6 Å². The molecule has 1 unspecified atom stereocenters. The zero-order valence-electron chi connectivity index (χ0n) is 18.3. The molecular weight excluding hydrogens is 382 g/mol. The van der Waals surface area contributed by atoms with Gasteiger partial charge < -0.3 is 5.32 Å². The molecule has 0 radical (unpaired) electrons. The van der Waals surface area contributed by atoms with Gasteiger partial charge in [0.2, 0.25) is 5.91 Å². The number of aromatic nitrogens is 2. The Morgan fingerprint density at radius 1 is 0.839 bits per heavy atom. The molecule has 162 valence electrons. The lowest BCUT2D eigenvalue weighted by Gasteiger charge is -2.32. The van der Waals surface area contributed by atoms with Crippen LogP contribution in [0.4, 0.5) is 0 Å². The molecule has 0 aliphatic heterocycles. The van der Waals surface area contributed by atoms with Crippen molar-refractivity contribution in [2.24, 2.45) is 5.92 Å². The zero-order valence-corrected chi connectivity index (χ0v) is 18.3. The maximum Gasteiger partial charge on any atom is 0.229 e. The summed E-state index contributed by atoms with van der Waals surface area (Å²) < 4.78 is 2.05. The number of fused-ring (bicyclic) bond motifs is 1. The molecule has 5 rings (SSSR count). The average molecular weight is 416 g/mol. The predicted molar refractivity (Wildman–Crippen MR) is 125 cm³/mol. The van der Waals surface area contributed by atoms with Gasteiger partial charge in [0.1, 0.15) is 0 Å². The number of benzene rings is 2. The summed E-state index contributed by atoms with van der Waals surface area (Å²) in [6, 6.07) is 18.9. The van der Waals surface area contributed by atoms with Gasteiger partial charge >= 0.3 is 0 Å². The molecule has 31 heavy (non-hydrogen) atoms. The summed E-state index contributed by atoms with van der Waals surface area (Å²) >= 11 is 0. The van der Waals surface area contributed by atoms with Gasteiger partial charge in [-0.1, -0.05) is 74.9 Å². The van der Waals surface area contributed by atoms with Gasteiger partial charge in [0.05, 0.1) is 22.8 Å². The second-order valence-electron chi connectivity index (χ2n) is 9.37. The minimum absolute atomic E-state index is 0.158. The number of nitrogens with one attached hydrogen (secondary N) is 1. The molecule has 0 bridgehead atoms. The van der Waals surface area contributed by atoms with E-state index in [-0.39, 0.29) is 11.8 Å². The van der Waals surface area contributed by atoms with Crippen LogP contribution in [0.15, 0.2) is 54.6 Å². The first-order valence-corrected chi connectivity index (χ1v) is 12.1. The van der Waals surface area contributed by atoms with Gasteiger partial charge in [-0.05, 0) is 49.8 Å². The zero-order chi connectivity index (χ0) is 21.0. The SMILES string of the molecule is O=C(NC1CCCCC1)C(c1c2ccccc2nn1-c1ccccc1)C1CCCCC1. The van der Waals surface area contributed by atoms with Crippen LogP contribution in [0.2, 0.25) is 0 Å². The Morgan fingerprint density at radius 3 is 2.23 bits per heavy atom. The van der Waals surface area contributed by atoms with Crippen molar-refractivity contribution in [3.63, 3.8) is 0 Å². The molecule has 1 amide bonds. The minimum atomic E-state index is -0.158. The normalized spacial score (nSPS) is 19.4. The number of amides is 1. The van der Waals surface area contributed by atoms with Crippen LogP contribution in [0.1, 0.15) is 75.8 Å². The van der Waals surface area contributed by atoms with Gasteiger partial charge in [0.25, 0.3) is 0 Å². The molecule has 4 heteroatoms. The highest BCUT2D eigenvalue weighted by molar-refractivity contribution is 5.91. The number of carbonyl (C=O) groups is 1. The Labute approximate surface area is 185 Å². The fourth-order valence-electron chi connectivity index (χ4n) is 5.69. The number of carbonyl (C=O) groups excluding carboxylic acids is 1. The molecule has 0 spiro atoms. The van der Waals surface area contributed by atoms with Gasteiger partial charge in [-0.15, -0.1) is 0 Å². The third-order valence-corrected chi connectivity index (χ3v) is 7.27. The van der Waals surface area contributed by atoms with Crippen LogP contribution in [-0.2, 0) is 4.79 Å². The molecule has 2 aromatic carbocycles. The van der Waals surface area contributed by atoms with Crippen LogP contribution in [0, 0.1) is 5.92 Å². The van der Waals surface area contributed by atoms with Gasteiger partial charge in [-0.3, -0.25) is 4.79 Å². The lowest BCUT2D eigenvalue weighted by molar-refractivity contribution is -0.125. The molecule has 1 aromatic heterocycles. The molecule has 1 heterocycles. The van der Waals surface area contributed by atoms with Crippen LogP contribution in [0.25, 0.3) is 16.6 Å². The van der Waals surface area contributed by atoms with E-state index in [1.807, 2.05) is 28.9 Å². The third-order valence-electron chi connectivity index (χ3n) is 7.27. The van der Waals surface area contributed by atoms with Crippen LogP contribution in [0.3, 0.4) is 0 Å². The third kappa shape index (κ3) is 4.26. The molecule has 2 saturated carbocycles. The van der Waals surface area contributed by atoms with Gasteiger partial charge in [-0.25, -0.2) is 4.68 Å². The highest BCUT2D eigenvalue weighted by atomic mass is 16.2. The molecule has 1 N–H and O–H groups in total. The fraction of sp³-hybridized carbons (Fsp3) is 0.481. The summed E-state index contributed by atoms with van der Waals surface area (Å²) in [5, 5.41) is 9.54. The quantitative estimate of drug-likeness (QED) is 0.544. The highest BCUT2D eigenvalue weighted by Crippen LogP contribution is 2.40. The second kappa shape index (κ2) is 9.25. The van der Waals surface area contributed by atoms with E-state index in [1.165, 1.54) is 38.5 Å². The van der Waals surface area contributed by atoms with Crippen LogP contribution >= 0.6 is 0 Å². The van der Waals surface area contributed by atoms with Crippen LogP contribution in [0.5, 0.6) is 0 Å². The van der Waals surface area contributed by atoms with Gasteiger partial charge in [-0.2, -0.15) is 5.10 Å². The van der Waals surface area contributed by atoms with E-state index >= 15 is 0 Å². The predicted octanol–water partition coefficient (Wildman–Crippen LogP) is 6.14. The van der Waals surface area contributed by atoms with Crippen molar-refractivity contribution in [1.82, 2.24) is 15.1 Å². The Hall–Kier alpha value is -2.62. The molecule has 1 atom stereocenters. The van der Waals surface area contributed by atoms with E-state index in [9.17, 15) is 4.79 Å². The molecule has 3 aromatic rings. The van der Waals surface area contributed by atoms with E-state index < -0.39 is 0 Å². The summed E-state index contributed by atoms with van der Waals surface area (Å²) in [7, 11) is 0. The monoisotopic (exact) mass is 415 g/mol. The van der Waals surface area contributed by atoms with Gasteiger partial charge in [0.15, 0.2) is 0 Å². The van der Waals surface area contributed by atoms with Crippen molar-refractivity contribution in [3.05, 3.63) is 60.3 Å². The molecule has 2 fully saturated rings. The molecule has 2 aliphatic rings. The maximum atomic E-state index is 13.9. The number of rotatable bonds is 5. The first kappa shape index (κ1) is 20.3. The summed E-state index contributed by atoms with van der Waals surface area (Å²) in [6.45, 7) is 0. The smallest absolute Gasteiger partial charge is 0.229 e. The second-order valence-corrected chi connectivity index (χ2v) is 9.37. The standard InChI is InChI=1S/C27H33N3O/c31-27(28-21-14-6-2-7-15-21)25(20-12-4-1-5-13-20)26-23-18-10-11-19-24(23)29-30(26)22-16-8-3-9-17-22/h3,8-11,16-21,25H,1-2,4-7,12-15H2,(H,28,31). The molecule has 0 saturated heterocycles. The fourth-order valence-corrected chi connectivity index (χ4v) is 5.69. The summed E-state index contributed by atoms with van der Waals surface area (Å²) in [5.41, 5.74) is 3.06.